The highest BCUT2D eigenvalue weighted by Crippen LogP contribution is 2.11. The number of ether oxygens (including phenoxy) is 1. The number of carbonyl (C=O) groups excluding carboxylic acids is 1. The van der Waals surface area contributed by atoms with E-state index in [-0.39, 0.29) is 12.5 Å². The highest BCUT2D eigenvalue weighted by molar-refractivity contribution is 6.29. The number of hydrogen-bond acceptors (Lipinski definition) is 4. The van der Waals surface area contributed by atoms with Crippen LogP contribution < -0.4 is 0 Å². The van der Waals surface area contributed by atoms with Gasteiger partial charge in [0.25, 0.3) is 0 Å². The first-order valence-corrected chi connectivity index (χ1v) is 5.91. The third kappa shape index (κ3) is 4.02. The average molecular weight is 260 g/mol. The quantitative estimate of drug-likeness (QED) is 0.726. The van der Waals surface area contributed by atoms with Crippen molar-refractivity contribution in [3.63, 3.8) is 0 Å². The van der Waals surface area contributed by atoms with Crippen LogP contribution in [0.2, 0.25) is 5.15 Å². The molecule has 0 fully saturated rings. The number of halogens is 1. The van der Waals surface area contributed by atoms with Crippen molar-refractivity contribution in [2.75, 3.05) is 20.2 Å². The van der Waals surface area contributed by atoms with Gasteiger partial charge in [0.05, 0.1) is 26.4 Å². The molecule has 0 aliphatic carbocycles. The van der Waals surface area contributed by atoms with Crippen molar-refractivity contribution in [3.05, 3.63) is 17.2 Å². The minimum absolute atomic E-state index is 0.237. The second-order valence-electron chi connectivity index (χ2n) is 3.84. The van der Waals surface area contributed by atoms with Gasteiger partial charge in [-0.25, -0.2) is 4.98 Å². The Morgan fingerprint density at radius 1 is 1.65 bits per heavy atom. The number of carbonyl (C=O) groups is 1. The van der Waals surface area contributed by atoms with E-state index in [4.69, 9.17) is 11.6 Å². The van der Waals surface area contributed by atoms with Gasteiger partial charge in [-0.1, -0.05) is 18.5 Å². The van der Waals surface area contributed by atoms with E-state index in [1.165, 1.54) is 7.11 Å². The zero-order valence-corrected chi connectivity index (χ0v) is 11.2. The number of imidazole rings is 1. The van der Waals surface area contributed by atoms with E-state index in [0.29, 0.717) is 11.7 Å². The zero-order valence-electron chi connectivity index (χ0n) is 10.4. The third-order valence-electron chi connectivity index (χ3n) is 2.51. The Hall–Kier alpha value is -1.07. The molecule has 5 nitrogen and oxygen atoms in total. The van der Waals surface area contributed by atoms with Crippen LogP contribution in [0.15, 0.2) is 6.20 Å². The molecule has 0 bridgehead atoms. The van der Waals surface area contributed by atoms with Crippen LogP contribution in [-0.2, 0) is 23.1 Å². The summed E-state index contributed by atoms with van der Waals surface area (Å²) >= 11 is 5.91. The summed E-state index contributed by atoms with van der Waals surface area (Å²) in [4.78, 5) is 17.5. The van der Waals surface area contributed by atoms with Crippen LogP contribution in [0.1, 0.15) is 19.2 Å². The Kier molecular flexibility index (Phi) is 5.44. The minimum atomic E-state index is -0.237. The van der Waals surface area contributed by atoms with E-state index < -0.39 is 0 Å². The van der Waals surface area contributed by atoms with E-state index >= 15 is 0 Å². The Morgan fingerprint density at radius 3 is 2.82 bits per heavy atom. The molecule has 0 saturated carbocycles. The maximum atomic E-state index is 11.3. The highest BCUT2D eigenvalue weighted by atomic mass is 35.5. The number of nitrogens with zero attached hydrogens (tertiary/aromatic N) is 3. The van der Waals surface area contributed by atoms with Gasteiger partial charge in [-0.2, -0.15) is 0 Å². The van der Waals surface area contributed by atoms with Crippen molar-refractivity contribution in [1.29, 1.82) is 0 Å². The number of esters is 1. The predicted octanol–water partition coefficient (Wildman–Crippen LogP) is 1.46. The topological polar surface area (TPSA) is 47.4 Å². The molecule has 0 N–H and O–H groups in total. The summed E-state index contributed by atoms with van der Waals surface area (Å²) in [7, 11) is 3.25. The van der Waals surface area contributed by atoms with Crippen molar-refractivity contribution in [2.45, 2.75) is 19.9 Å². The monoisotopic (exact) mass is 259 g/mol. The molecule has 0 aliphatic rings. The van der Waals surface area contributed by atoms with Gasteiger partial charge in [-0.15, -0.1) is 0 Å². The fraction of sp³-hybridized carbons (Fsp3) is 0.636. The molecule has 0 unspecified atom stereocenters. The average Bonchev–Trinajstić information content (AvgIpc) is 2.61. The van der Waals surface area contributed by atoms with E-state index in [0.717, 1.165) is 18.8 Å². The smallest absolute Gasteiger partial charge is 0.319 e. The first kappa shape index (κ1) is 14.0. The van der Waals surface area contributed by atoms with Gasteiger partial charge in [-0.05, 0) is 13.0 Å². The molecule has 6 heteroatoms. The van der Waals surface area contributed by atoms with Crippen molar-refractivity contribution in [1.82, 2.24) is 14.5 Å². The van der Waals surface area contributed by atoms with E-state index in [1.807, 2.05) is 16.5 Å². The van der Waals surface area contributed by atoms with E-state index in [2.05, 4.69) is 16.6 Å². The summed E-state index contributed by atoms with van der Waals surface area (Å²) in [5.74, 6) is 0.603. The van der Waals surface area contributed by atoms with Crippen LogP contribution in [0.25, 0.3) is 0 Å². The normalized spacial score (nSPS) is 10.9. The number of methoxy groups -OCH3 is 1. The van der Waals surface area contributed by atoms with Gasteiger partial charge >= 0.3 is 5.97 Å². The lowest BCUT2D eigenvalue weighted by Gasteiger charge is -2.19. The largest absolute Gasteiger partial charge is 0.468 e. The molecule has 1 heterocycles. The molecule has 1 rings (SSSR count). The van der Waals surface area contributed by atoms with E-state index in [9.17, 15) is 4.79 Å². The lowest BCUT2D eigenvalue weighted by Crippen LogP contribution is -2.31. The standard InChI is InChI=1S/C11H18ClN3O2/c1-4-5-15(8-11(16)17-3)7-10-13-6-9(12)14(10)2/h6H,4-5,7-8H2,1-3H3. The zero-order chi connectivity index (χ0) is 12.8. The Labute approximate surface area is 106 Å². The highest BCUT2D eigenvalue weighted by Gasteiger charge is 2.14. The summed E-state index contributed by atoms with van der Waals surface area (Å²) in [6.07, 6.45) is 2.58. The number of aromatic nitrogens is 2. The SMILES string of the molecule is CCCN(CC(=O)OC)Cc1ncc(Cl)n1C. The fourth-order valence-corrected chi connectivity index (χ4v) is 1.69. The van der Waals surface area contributed by atoms with E-state index in [1.54, 1.807) is 6.20 Å². The van der Waals surface area contributed by atoms with Gasteiger partial charge in [0.2, 0.25) is 0 Å². The fourth-order valence-electron chi connectivity index (χ4n) is 1.55. The molecular weight excluding hydrogens is 242 g/mol. The molecule has 96 valence electrons. The van der Waals surface area contributed by atoms with Crippen LogP contribution in [0.5, 0.6) is 0 Å². The summed E-state index contributed by atoms with van der Waals surface area (Å²) < 4.78 is 6.47. The van der Waals surface area contributed by atoms with Crippen LogP contribution in [-0.4, -0.2) is 40.6 Å². The van der Waals surface area contributed by atoms with Crippen molar-refractivity contribution in [2.24, 2.45) is 7.05 Å². The van der Waals surface area contributed by atoms with Gasteiger partial charge in [0, 0.05) is 7.05 Å². The lowest BCUT2D eigenvalue weighted by molar-refractivity contribution is -0.142. The Bertz CT molecular complexity index is 379. The second kappa shape index (κ2) is 6.61. The Balaban J connectivity index is 2.66. The molecular formula is C11H18ClN3O2. The molecule has 0 aromatic carbocycles. The van der Waals surface area contributed by atoms with Crippen molar-refractivity contribution >= 4 is 17.6 Å². The maximum Gasteiger partial charge on any atom is 0.319 e. The van der Waals surface area contributed by atoms with Gasteiger partial charge in [-0.3, -0.25) is 9.69 Å². The van der Waals surface area contributed by atoms with Crippen LogP contribution in [0.3, 0.4) is 0 Å². The molecule has 1 aromatic rings. The lowest BCUT2D eigenvalue weighted by atomic mass is 10.4. The molecule has 17 heavy (non-hydrogen) atoms. The first-order chi connectivity index (χ1) is 8.08. The minimum Gasteiger partial charge on any atom is -0.468 e. The van der Waals surface area contributed by atoms with Crippen LogP contribution >= 0.6 is 11.6 Å². The molecule has 0 spiro atoms. The molecule has 1 aromatic heterocycles. The predicted molar refractivity (Wildman–Crippen MR) is 65.8 cm³/mol. The molecule has 0 amide bonds. The second-order valence-corrected chi connectivity index (χ2v) is 4.23. The third-order valence-corrected chi connectivity index (χ3v) is 2.86. The molecule has 0 radical (unpaired) electrons. The number of rotatable bonds is 6. The van der Waals surface area contributed by atoms with Gasteiger partial charge in [0.1, 0.15) is 11.0 Å². The number of hydrogen-bond donors (Lipinski definition) is 0. The van der Waals surface area contributed by atoms with Crippen molar-refractivity contribution < 1.29 is 9.53 Å². The summed E-state index contributed by atoms with van der Waals surface area (Å²) in [5, 5.41) is 0.592. The molecule has 0 aliphatic heterocycles. The summed E-state index contributed by atoms with van der Waals surface area (Å²) in [5.41, 5.74) is 0. The Morgan fingerprint density at radius 2 is 2.35 bits per heavy atom. The molecule has 0 saturated heterocycles. The van der Waals surface area contributed by atoms with Gasteiger partial charge < -0.3 is 9.30 Å². The maximum absolute atomic E-state index is 11.3. The van der Waals surface area contributed by atoms with Gasteiger partial charge in [0.15, 0.2) is 0 Å². The first-order valence-electron chi connectivity index (χ1n) is 5.53. The summed E-state index contributed by atoms with van der Waals surface area (Å²) in [6.45, 7) is 3.75. The van der Waals surface area contributed by atoms with Crippen LogP contribution in [0.4, 0.5) is 0 Å². The summed E-state index contributed by atoms with van der Waals surface area (Å²) in [6, 6.07) is 0. The van der Waals surface area contributed by atoms with Crippen molar-refractivity contribution in [3.8, 4) is 0 Å². The molecule has 0 atom stereocenters. The van der Waals surface area contributed by atoms with Crippen LogP contribution in [0, 0.1) is 0 Å².